The molecule has 1 fully saturated rings. The third-order valence-corrected chi connectivity index (χ3v) is 7.01. The SMILES string of the molecule is CCN(CC)CCCC(C)N(Cc1cccc(OCc2ccccc2)c1)C(=O)C1CCCC1. The number of carbonyl (C=O) groups is 1. The van der Waals surface area contributed by atoms with Crippen molar-refractivity contribution in [2.45, 2.75) is 78.5 Å². The van der Waals surface area contributed by atoms with Crippen LogP contribution in [0.5, 0.6) is 5.75 Å². The third-order valence-electron chi connectivity index (χ3n) is 7.01. The van der Waals surface area contributed by atoms with Crippen LogP contribution in [0.1, 0.15) is 70.4 Å². The van der Waals surface area contributed by atoms with E-state index in [9.17, 15) is 4.79 Å². The van der Waals surface area contributed by atoms with Gasteiger partial charge in [-0.3, -0.25) is 4.79 Å². The van der Waals surface area contributed by atoms with Gasteiger partial charge < -0.3 is 14.5 Å². The van der Waals surface area contributed by atoms with E-state index in [-0.39, 0.29) is 12.0 Å². The smallest absolute Gasteiger partial charge is 0.226 e. The lowest BCUT2D eigenvalue weighted by molar-refractivity contribution is -0.138. The summed E-state index contributed by atoms with van der Waals surface area (Å²) in [6, 6.07) is 18.7. The molecule has 1 unspecified atom stereocenters. The van der Waals surface area contributed by atoms with Gasteiger partial charge in [-0.05, 0) is 75.5 Å². The summed E-state index contributed by atoms with van der Waals surface area (Å²) in [5.74, 6) is 1.41. The summed E-state index contributed by atoms with van der Waals surface area (Å²) in [5.41, 5.74) is 2.30. The average Bonchev–Trinajstić information content (AvgIpc) is 3.39. The number of amides is 1. The Hall–Kier alpha value is -2.33. The van der Waals surface area contributed by atoms with Gasteiger partial charge in [-0.2, -0.15) is 0 Å². The predicted molar refractivity (Wildman–Crippen MR) is 136 cm³/mol. The molecule has 0 radical (unpaired) electrons. The van der Waals surface area contributed by atoms with Crippen LogP contribution in [0.2, 0.25) is 0 Å². The van der Waals surface area contributed by atoms with E-state index < -0.39 is 0 Å². The Morgan fingerprint density at radius 3 is 2.39 bits per heavy atom. The van der Waals surface area contributed by atoms with Crippen molar-refractivity contribution in [2.24, 2.45) is 5.92 Å². The lowest BCUT2D eigenvalue weighted by Crippen LogP contribution is -2.41. The molecule has 2 aromatic rings. The van der Waals surface area contributed by atoms with Gasteiger partial charge in [0.1, 0.15) is 12.4 Å². The van der Waals surface area contributed by atoms with E-state index in [1.807, 2.05) is 30.3 Å². The molecule has 1 aliphatic rings. The van der Waals surface area contributed by atoms with Crippen molar-refractivity contribution < 1.29 is 9.53 Å². The van der Waals surface area contributed by atoms with E-state index in [0.717, 1.165) is 62.2 Å². The highest BCUT2D eigenvalue weighted by molar-refractivity contribution is 5.79. The monoisotopic (exact) mass is 450 g/mol. The highest BCUT2D eigenvalue weighted by atomic mass is 16.5. The number of benzene rings is 2. The van der Waals surface area contributed by atoms with Gasteiger partial charge in [0.2, 0.25) is 5.91 Å². The molecule has 1 saturated carbocycles. The van der Waals surface area contributed by atoms with Crippen LogP contribution in [0.25, 0.3) is 0 Å². The number of hydrogen-bond donors (Lipinski definition) is 0. The molecular formula is C29H42N2O2. The standard InChI is InChI=1S/C29H42N2O2/c1-4-30(5-2)20-12-13-24(3)31(29(32)27-17-9-10-18-27)22-26-16-11-19-28(21-26)33-23-25-14-7-6-8-15-25/h6-8,11,14-16,19,21,24,27H,4-5,9-10,12-13,17-18,20,22-23H2,1-3H3. The minimum atomic E-state index is 0.202. The molecule has 0 bridgehead atoms. The molecule has 0 saturated heterocycles. The molecule has 4 nitrogen and oxygen atoms in total. The molecule has 2 aromatic carbocycles. The first-order valence-electron chi connectivity index (χ1n) is 12.9. The molecule has 180 valence electrons. The molecule has 0 N–H and O–H groups in total. The summed E-state index contributed by atoms with van der Waals surface area (Å²) in [5, 5.41) is 0. The number of ether oxygens (including phenoxy) is 1. The van der Waals surface area contributed by atoms with Crippen LogP contribution in [0.4, 0.5) is 0 Å². The lowest BCUT2D eigenvalue weighted by atomic mass is 10.0. The van der Waals surface area contributed by atoms with Gasteiger partial charge in [0.15, 0.2) is 0 Å². The minimum Gasteiger partial charge on any atom is -0.489 e. The topological polar surface area (TPSA) is 32.8 Å². The van der Waals surface area contributed by atoms with Crippen molar-refractivity contribution in [2.75, 3.05) is 19.6 Å². The quantitative estimate of drug-likeness (QED) is 0.359. The Kier molecular flexibility index (Phi) is 10.3. The maximum atomic E-state index is 13.5. The van der Waals surface area contributed by atoms with Gasteiger partial charge in [-0.25, -0.2) is 0 Å². The van der Waals surface area contributed by atoms with E-state index in [0.29, 0.717) is 19.1 Å². The highest BCUT2D eigenvalue weighted by Crippen LogP contribution is 2.29. The number of carbonyl (C=O) groups excluding carboxylic acids is 1. The van der Waals surface area contributed by atoms with Crippen molar-refractivity contribution in [3.63, 3.8) is 0 Å². The molecule has 0 spiro atoms. The van der Waals surface area contributed by atoms with Crippen LogP contribution in [0, 0.1) is 5.92 Å². The van der Waals surface area contributed by atoms with Gasteiger partial charge in [0.25, 0.3) is 0 Å². The van der Waals surface area contributed by atoms with Crippen molar-refractivity contribution in [1.82, 2.24) is 9.80 Å². The van der Waals surface area contributed by atoms with Crippen LogP contribution in [0.3, 0.4) is 0 Å². The van der Waals surface area contributed by atoms with Gasteiger partial charge in [0.05, 0.1) is 0 Å². The summed E-state index contributed by atoms with van der Waals surface area (Å²) >= 11 is 0. The zero-order valence-electron chi connectivity index (χ0n) is 20.8. The normalized spacial score (nSPS) is 15.0. The number of nitrogens with zero attached hydrogens (tertiary/aromatic N) is 2. The first-order chi connectivity index (χ1) is 16.1. The molecule has 0 heterocycles. The van der Waals surface area contributed by atoms with Gasteiger partial charge >= 0.3 is 0 Å². The number of hydrogen-bond acceptors (Lipinski definition) is 3. The van der Waals surface area contributed by atoms with Gasteiger partial charge in [0, 0.05) is 18.5 Å². The van der Waals surface area contributed by atoms with Crippen LogP contribution in [-0.4, -0.2) is 41.4 Å². The molecule has 33 heavy (non-hydrogen) atoms. The van der Waals surface area contributed by atoms with Crippen molar-refractivity contribution in [3.8, 4) is 5.75 Å². The van der Waals surface area contributed by atoms with E-state index in [4.69, 9.17) is 4.74 Å². The van der Waals surface area contributed by atoms with E-state index in [2.05, 4.69) is 54.8 Å². The lowest BCUT2D eigenvalue weighted by Gasteiger charge is -2.32. The maximum Gasteiger partial charge on any atom is 0.226 e. The molecule has 1 amide bonds. The van der Waals surface area contributed by atoms with E-state index in [1.54, 1.807) is 0 Å². The van der Waals surface area contributed by atoms with Crippen LogP contribution >= 0.6 is 0 Å². The molecule has 0 aliphatic heterocycles. The zero-order chi connectivity index (χ0) is 23.5. The molecule has 3 rings (SSSR count). The Balaban J connectivity index is 1.65. The fourth-order valence-corrected chi connectivity index (χ4v) is 4.84. The van der Waals surface area contributed by atoms with E-state index >= 15 is 0 Å². The summed E-state index contributed by atoms with van der Waals surface area (Å²) in [4.78, 5) is 18.1. The summed E-state index contributed by atoms with van der Waals surface area (Å²) in [7, 11) is 0. The highest BCUT2D eigenvalue weighted by Gasteiger charge is 2.30. The molecule has 1 aliphatic carbocycles. The predicted octanol–water partition coefficient (Wildman–Crippen LogP) is 6.29. The molecular weight excluding hydrogens is 408 g/mol. The van der Waals surface area contributed by atoms with Gasteiger partial charge in [-0.15, -0.1) is 0 Å². The molecule has 1 atom stereocenters. The summed E-state index contributed by atoms with van der Waals surface area (Å²) < 4.78 is 6.04. The second-order valence-corrected chi connectivity index (χ2v) is 9.39. The van der Waals surface area contributed by atoms with Crippen LogP contribution in [0.15, 0.2) is 54.6 Å². The van der Waals surface area contributed by atoms with Crippen molar-refractivity contribution in [1.29, 1.82) is 0 Å². The Labute approximate surface area is 200 Å². The fraction of sp³-hybridized carbons (Fsp3) is 0.552. The van der Waals surface area contributed by atoms with Crippen molar-refractivity contribution in [3.05, 3.63) is 65.7 Å². The maximum absolute atomic E-state index is 13.5. The Morgan fingerprint density at radius 1 is 1.00 bits per heavy atom. The van der Waals surface area contributed by atoms with E-state index in [1.165, 1.54) is 12.8 Å². The fourth-order valence-electron chi connectivity index (χ4n) is 4.84. The van der Waals surface area contributed by atoms with Crippen LogP contribution in [-0.2, 0) is 17.9 Å². The average molecular weight is 451 g/mol. The zero-order valence-corrected chi connectivity index (χ0v) is 20.8. The largest absolute Gasteiger partial charge is 0.489 e. The first kappa shape index (κ1) is 25.3. The second-order valence-electron chi connectivity index (χ2n) is 9.39. The third kappa shape index (κ3) is 7.89. The summed E-state index contributed by atoms with van der Waals surface area (Å²) in [6.07, 6.45) is 6.62. The molecule has 0 aromatic heterocycles. The van der Waals surface area contributed by atoms with Gasteiger partial charge in [-0.1, -0.05) is 69.2 Å². The second kappa shape index (κ2) is 13.4. The van der Waals surface area contributed by atoms with Crippen LogP contribution < -0.4 is 4.74 Å². The number of rotatable bonds is 13. The molecule has 4 heteroatoms. The first-order valence-corrected chi connectivity index (χ1v) is 12.9. The Bertz CT molecular complexity index is 829. The summed E-state index contributed by atoms with van der Waals surface area (Å²) in [6.45, 7) is 11.2. The minimum absolute atomic E-state index is 0.202. The Morgan fingerprint density at radius 2 is 1.70 bits per heavy atom. The van der Waals surface area contributed by atoms with Crippen molar-refractivity contribution >= 4 is 5.91 Å².